The smallest absolute Gasteiger partial charge is 0.227 e. The van der Waals surface area contributed by atoms with Gasteiger partial charge < -0.3 is 5.32 Å². The number of para-hydroxylation sites is 1. The summed E-state index contributed by atoms with van der Waals surface area (Å²) in [6, 6.07) is 9.55. The monoisotopic (exact) mass is 231 g/mol. The van der Waals surface area contributed by atoms with Crippen LogP contribution in [-0.2, 0) is 4.79 Å². The fourth-order valence-electron chi connectivity index (χ4n) is 1.88. The van der Waals surface area contributed by atoms with Crippen molar-refractivity contribution in [3.63, 3.8) is 0 Å². The number of hydrogen-bond donors (Lipinski definition) is 1. The van der Waals surface area contributed by atoms with Crippen LogP contribution in [0.5, 0.6) is 0 Å². The van der Waals surface area contributed by atoms with Crippen molar-refractivity contribution in [2.24, 2.45) is 11.8 Å². The second kappa shape index (κ2) is 6.89. The zero-order valence-corrected chi connectivity index (χ0v) is 10.6. The Morgan fingerprint density at radius 2 is 2.06 bits per heavy atom. The first-order valence-electron chi connectivity index (χ1n) is 6.17. The lowest BCUT2D eigenvalue weighted by atomic mass is 9.89. The molecule has 1 amide bonds. The summed E-state index contributed by atoms with van der Waals surface area (Å²) in [6.45, 7) is 7.89. The number of benzene rings is 1. The van der Waals surface area contributed by atoms with Crippen molar-refractivity contribution in [2.75, 3.05) is 5.32 Å². The first-order valence-corrected chi connectivity index (χ1v) is 6.17. The summed E-state index contributed by atoms with van der Waals surface area (Å²) in [5, 5.41) is 2.93. The number of anilines is 1. The Morgan fingerprint density at radius 1 is 1.41 bits per heavy atom. The largest absolute Gasteiger partial charge is 0.326 e. The van der Waals surface area contributed by atoms with Crippen LogP contribution in [0.25, 0.3) is 0 Å². The quantitative estimate of drug-likeness (QED) is 0.740. The van der Waals surface area contributed by atoms with E-state index in [0.717, 1.165) is 18.5 Å². The summed E-state index contributed by atoms with van der Waals surface area (Å²) in [4.78, 5) is 12.0. The minimum atomic E-state index is -0.0346. The standard InChI is InChI=1S/C15H21NO/c1-4-9-13(5-2)12(3)15(17)16-14-10-7-6-8-11-14/h5-8,10-13H,2,4,9H2,1,3H3,(H,16,17)/t12-,13-/m0/s1. The second-order valence-electron chi connectivity index (χ2n) is 4.33. The predicted octanol–water partition coefficient (Wildman–Crippen LogP) is 3.86. The Kier molecular flexibility index (Phi) is 5.47. The van der Waals surface area contributed by atoms with Crippen molar-refractivity contribution in [3.05, 3.63) is 43.0 Å². The van der Waals surface area contributed by atoms with E-state index in [4.69, 9.17) is 0 Å². The van der Waals surface area contributed by atoms with Crippen LogP contribution in [-0.4, -0.2) is 5.91 Å². The summed E-state index contributed by atoms with van der Waals surface area (Å²) in [6.07, 6.45) is 3.96. The van der Waals surface area contributed by atoms with Gasteiger partial charge in [0.25, 0.3) is 0 Å². The van der Waals surface area contributed by atoms with E-state index < -0.39 is 0 Å². The van der Waals surface area contributed by atoms with Crippen molar-refractivity contribution in [1.29, 1.82) is 0 Å². The van der Waals surface area contributed by atoms with Gasteiger partial charge in [-0.05, 0) is 24.5 Å². The van der Waals surface area contributed by atoms with Crippen LogP contribution in [0.2, 0.25) is 0 Å². The van der Waals surface area contributed by atoms with E-state index in [0.29, 0.717) is 0 Å². The molecule has 2 heteroatoms. The fraction of sp³-hybridized carbons (Fsp3) is 0.400. The van der Waals surface area contributed by atoms with E-state index in [1.807, 2.05) is 43.3 Å². The molecule has 1 N–H and O–H groups in total. The van der Waals surface area contributed by atoms with Crippen LogP contribution in [0.3, 0.4) is 0 Å². The van der Waals surface area contributed by atoms with Crippen molar-refractivity contribution < 1.29 is 4.79 Å². The van der Waals surface area contributed by atoms with Crippen LogP contribution in [0.1, 0.15) is 26.7 Å². The van der Waals surface area contributed by atoms with Crippen LogP contribution >= 0.6 is 0 Å². The number of nitrogens with one attached hydrogen (secondary N) is 1. The van der Waals surface area contributed by atoms with E-state index in [1.165, 1.54) is 0 Å². The molecule has 0 spiro atoms. The maximum atomic E-state index is 12.0. The molecule has 0 saturated heterocycles. The molecule has 1 aromatic carbocycles. The normalized spacial score (nSPS) is 13.8. The highest BCUT2D eigenvalue weighted by molar-refractivity contribution is 5.92. The molecule has 0 aliphatic heterocycles. The number of allylic oxidation sites excluding steroid dienone is 1. The predicted molar refractivity (Wildman–Crippen MR) is 72.8 cm³/mol. The van der Waals surface area contributed by atoms with Gasteiger partial charge in [-0.3, -0.25) is 4.79 Å². The van der Waals surface area contributed by atoms with Gasteiger partial charge in [0.1, 0.15) is 0 Å². The lowest BCUT2D eigenvalue weighted by molar-refractivity contribution is -0.120. The maximum absolute atomic E-state index is 12.0. The zero-order chi connectivity index (χ0) is 12.7. The lowest BCUT2D eigenvalue weighted by Crippen LogP contribution is -2.26. The Morgan fingerprint density at radius 3 is 2.59 bits per heavy atom. The van der Waals surface area contributed by atoms with Crippen molar-refractivity contribution in [2.45, 2.75) is 26.7 Å². The molecule has 2 atom stereocenters. The molecule has 1 aromatic rings. The third-order valence-corrected chi connectivity index (χ3v) is 3.02. The van der Waals surface area contributed by atoms with E-state index >= 15 is 0 Å². The molecule has 1 rings (SSSR count). The zero-order valence-electron chi connectivity index (χ0n) is 10.6. The average Bonchev–Trinajstić information content (AvgIpc) is 2.36. The number of hydrogen-bond acceptors (Lipinski definition) is 1. The molecular formula is C15H21NO. The Hall–Kier alpha value is -1.57. The molecular weight excluding hydrogens is 210 g/mol. The fourth-order valence-corrected chi connectivity index (χ4v) is 1.88. The van der Waals surface area contributed by atoms with Gasteiger partial charge in [0.2, 0.25) is 5.91 Å². The Balaban J connectivity index is 2.60. The first-order chi connectivity index (χ1) is 8.19. The van der Waals surface area contributed by atoms with Crippen molar-refractivity contribution >= 4 is 11.6 Å². The molecule has 2 nitrogen and oxygen atoms in total. The molecule has 17 heavy (non-hydrogen) atoms. The summed E-state index contributed by atoms with van der Waals surface area (Å²) >= 11 is 0. The third kappa shape index (κ3) is 4.06. The average molecular weight is 231 g/mol. The third-order valence-electron chi connectivity index (χ3n) is 3.02. The van der Waals surface area contributed by atoms with Crippen LogP contribution < -0.4 is 5.32 Å². The van der Waals surface area contributed by atoms with Crippen LogP contribution in [0.15, 0.2) is 43.0 Å². The SMILES string of the molecule is C=C[C@@H](CCC)[C@H](C)C(=O)Nc1ccccc1. The van der Waals surface area contributed by atoms with Gasteiger partial charge in [-0.25, -0.2) is 0 Å². The molecule has 0 heterocycles. The topological polar surface area (TPSA) is 29.1 Å². The van der Waals surface area contributed by atoms with Gasteiger partial charge in [0, 0.05) is 11.6 Å². The molecule has 92 valence electrons. The maximum Gasteiger partial charge on any atom is 0.227 e. The summed E-state index contributed by atoms with van der Waals surface area (Å²) in [7, 11) is 0. The summed E-state index contributed by atoms with van der Waals surface area (Å²) in [5.41, 5.74) is 0.851. The number of carbonyl (C=O) groups is 1. The first kappa shape index (κ1) is 13.5. The van der Waals surface area contributed by atoms with Gasteiger partial charge >= 0.3 is 0 Å². The molecule has 0 aliphatic rings. The molecule has 0 aromatic heterocycles. The van der Waals surface area contributed by atoms with Gasteiger partial charge in [-0.2, -0.15) is 0 Å². The van der Waals surface area contributed by atoms with E-state index in [9.17, 15) is 4.79 Å². The van der Waals surface area contributed by atoms with Gasteiger partial charge in [0.15, 0.2) is 0 Å². The number of carbonyl (C=O) groups excluding carboxylic acids is 1. The van der Waals surface area contributed by atoms with E-state index in [-0.39, 0.29) is 17.7 Å². The van der Waals surface area contributed by atoms with Crippen molar-refractivity contribution in [3.8, 4) is 0 Å². The van der Waals surface area contributed by atoms with Crippen LogP contribution in [0.4, 0.5) is 5.69 Å². The Bertz CT molecular complexity index is 358. The Labute approximate surface area is 104 Å². The highest BCUT2D eigenvalue weighted by atomic mass is 16.1. The molecule has 0 saturated carbocycles. The molecule has 0 unspecified atom stereocenters. The number of rotatable bonds is 6. The molecule has 0 fully saturated rings. The minimum absolute atomic E-state index is 0.0346. The highest BCUT2D eigenvalue weighted by Gasteiger charge is 2.20. The summed E-state index contributed by atoms with van der Waals surface area (Å²) in [5.74, 6) is 0.283. The molecule has 0 bridgehead atoms. The lowest BCUT2D eigenvalue weighted by Gasteiger charge is -2.19. The highest BCUT2D eigenvalue weighted by Crippen LogP contribution is 2.20. The van der Waals surface area contributed by atoms with Gasteiger partial charge in [0.05, 0.1) is 0 Å². The summed E-state index contributed by atoms with van der Waals surface area (Å²) < 4.78 is 0. The van der Waals surface area contributed by atoms with Gasteiger partial charge in [-0.1, -0.05) is 44.5 Å². The minimum Gasteiger partial charge on any atom is -0.326 e. The molecule has 0 aliphatic carbocycles. The van der Waals surface area contributed by atoms with Gasteiger partial charge in [-0.15, -0.1) is 6.58 Å². The van der Waals surface area contributed by atoms with E-state index in [1.54, 1.807) is 0 Å². The number of amides is 1. The van der Waals surface area contributed by atoms with Crippen molar-refractivity contribution in [1.82, 2.24) is 0 Å². The molecule has 0 radical (unpaired) electrons. The van der Waals surface area contributed by atoms with E-state index in [2.05, 4.69) is 18.8 Å². The second-order valence-corrected chi connectivity index (χ2v) is 4.33. The van der Waals surface area contributed by atoms with Crippen LogP contribution in [0, 0.1) is 11.8 Å².